The molecule has 1 aliphatic heterocycles. The van der Waals surface area contributed by atoms with Gasteiger partial charge in [0, 0.05) is 20.5 Å². The second kappa shape index (κ2) is 3.96. The molecule has 1 atom stereocenters. The molecular weight excluding hydrogens is 204 g/mol. The summed E-state index contributed by atoms with van der Waals surface area (Å²) in [6.07, 6.45) is 0.576. The zero-order chi connectivity index (χ0) is 11.7. The highest BCUT2D eigenvalue weighted by atomic mass is 16.2. The van der Waals surface area contributed by atoms with Crippen LogP contribution in [0.3, 0.4) is 0 Å². The van der Waals surface area contributed by atoms with E-state index in [0.29, 0.717) is 6.42 Å². The van der Waals surface area contributed by atoms with Gasteiger partial charge in [0.15, 0.2) is 0 Å². The lowest BCUT2D eigenvalue weighted by atomic mass is 10.1. The third-order valence-electron chi connectivity index (χ3n) is 2.94. The van der Waals surface area contributed by atoms with Crippen LogP contribution in [-0.4, -0.2) is 41.9 Å². The van der Waals surface area contributed by atoms with Gasteiger partial charge in [0.05, 0.1) is 0 Å². The molecule has 0 N–H and O–H groups in total. The van der Waals surface area contributed by atoms with Gasteiger partial charge in [-0.15, -0.1) is 0 Å². The molecule has 16 heavy (non-hydrogen) atoms. The van der Waals surface area contributed by atoms with Crippen LogP contribution in [0.2, 0.25) is 0 Å². The molecule has 1 aliphatic rings. The van der Waals surface area contributed by atoms with Crippen molar-refractivity contribution in [1.29, 1.82) is 0 Å². The van der Waals surface area contributed by atoms with E-state index in [2.05, 4.69) is 0 Å². The normalized spacial score (nSPS) is 20.8. The van der Waals surface area contributed by atoms with Crippen LogP contribution in [0.5, 0.6) is 0 Å². The Kier molecular flexibility index (Phi) is 2.64. The van der Waals surface area contributed by atoms with Gasteiger partial charge in [-0.3, -0.25) is 9.69 Å². The second-order valence-corrected chi connectivity index (χ2v) is 4.00. The van der Waals surface area contributed by atoms with Gasteiger partial charge in [0.2, 0.25) is 0 Å². The molecule has 3 amide bonds. The van der Waals surface area contributed by atoms with Crippen LogP contribution < -0.4 is 0 Å². The van der Waals surface area contributed by atoms with Crippen molar-refractivity contribution < 1.29 is 9.59 Å². The molecule has 4 heteroatoms. The van der Waals surface area contributed by atoms with Gasteiger partial charge in [-0.25, -0.2) is 4.79 Å². The molecule has 1 aromatic carbocycles. The van der Waals surface area contributed by atoms with Crippen LogP contribution in [-0.2, 0) is 11.2 Å². The largest absolute Gasteiger partial charge is 0.326 e. The van der Waals surface area contributed by atoms with Crippen molar-refractivity contribution in [2.24, 2.45) is 0 Å². The van der Waals surface area contributed by atoms with E-state index in [1.165, 1.54) is 16.8 Å². The molecule has 0 saturated carbocycles. The maximum absolute atomic E-state index is 11.8. The first-order valence-corrected chi connectivity index (χ1v) is 5.19. The van der Waals surface area contributed by atoms with Crippen molar-refractivity contribution in [2.45, 2.75) is 12.5 Å². The van der Waals surface area contributed by atoms with E-state index in [1.54, 1.807) is 7.05 Å². The number of urea groups is 1. The summed E-state index contributed by atoms with van der Waals surface area (Å²) >= 11 is 0. The number of rotatable bonds is 2. The number of amides is 3. The number of carbonyl (C=O) groups is 2. The Morgan fingerprint density at radius 3 is 2.25 bits per heavy atom. The van der Waals surface area contributed by atoms with Crippen LogP contribution >= 0.6 is 0 Å². The number of imide groups is 1. The molecule has 84 valence electrons. The summed E-state index contributed by atoms with van der Waals surface area (Å²) in [5, 5.41) is 0. The van der Waals surface area contributed by atoms with Crippen molar-refractivity contribution in [1.82, 2.24) is 9.80 Å². The van der Waals surface area contributed by atoms with Crippen molar-refractivity contribution in [3.63, 3.8) is 0 Å². The molecule has 2 rings (SSSR count). The molecule has 1 aromatic rings. The van der Waals surface area contributed by atoms with Crippen LogP contribution in [0.4, 0.5) is 4.79 Å². The highest BCUT2D eigenvalue weighted by molar-refractivity contribution is 6.03. The fourth-order valence-corrected chi connectivity index (χ4v) is 1.91. The third-order valence-corrected chi connectivity index (χ3v) is 2.94. The Hall–Kier alpha value is -1.84. The SMILES string of the molecule is CN1C(=O)C(Cc2ccccc2)N(C)C1=O. The van der Waals surface area contributed by atoms with Gasteiger partial charge in [-0.2, -0.15) is 0 Å². The topological polar surface area (TPSA) is 40.6 Å². The van der Waals surface area contributed by atoms with Crippen LogP contribution in [0.25, 0.3) is 0 Å². The highest BCUT2D eigenvalue weighted by Crippen LogP contribution is 2.17. The third kappa shape index (κ3) is 1.66. The molecular formula is C12H14N2O2. The fraction of sp³-hybridized carbons (Fsp3) is 0.333. The van der Waals surface area contributed by atoms with Crippen LogP contribution in [0.1, 0.15) is 5.56 Å². The molecule has 1 unspecified atom stereocenters. The number of hydrogen-bond donors (Lipinski definition) is 0. The minimum atomic E-state index is -0.361. The lowest BCUT2D eigenvalue weighted by Crippen LogP contribution is -2.33. The van der Waals surface area contributed by atoms with E-state index in [4.69, 9.17) is 0 Å². The monoisotopic (exact) mass is 218 g/mol. The van der Waals surface area contributed by atoms with Crippen molar-refractivity contribution in [2.75, 3.05) is 14.1 Å². The van der Waals surface area contributed by atoms with Gasteiger partial charge in [0.1, 0.15) is 6.04 Å². The molecule has 1 fully saturated rings. The van der Waals surface area contributed by atoms with E-state index in [1.807, 2.05) is 30.3 Å². The van der Waals surface area contributed by atoms with Crippen LogP contribution in [0.15, 0.2) is 30.3 Å². The quantitative estimate of drug-likeness (QED) is 0.698. The minimum Gasteiger partial charge on any atom is -0.315 e. The Bertz CT molecular complexity index is 416. The van der Waals surface area contributed by atoms with E-state index in [9.17, 15) is 9.59 Å². The number of carbonyl (C=O) groups excluding carboxylic acids is 2. The molecule has 0 aliphatic carbocycles. The van der Waals surface area contributed by atoms with Gasteiger partial charge in [0.25, 0.3) is 5.91 Å². The first-order chi connectivity index (χ1) is 7.61. The lowest BCUT2D eigenvalue weighted by molar-refractivity contribution is -0.127. The highest BCUT2D eigenvalue weighted by Gasteiger charge is 2.40. The first kappa shape index (κ1) is 10.7. The average molecular weight is 218 g/mol. The predicted octanol–water partition coefficient (Wildman–Crippen LogP) is 1.12. The smallest absolute Gasteiger partial charge is 0.315 e. The molecule has 1 saturated heterocycles. The van der Waals surface area contributed by atoms with Gasteiger partial charge in [-0.05, 0) is 5.56 Å². The molecule has 0 radical (unpaired) electrons. The summed E-state index contributed by atoms with van der Waals surface area (Å²) in [6.45, 7) is 0. The second-order valence-electron chi connectivity index (χ2n) is 4.00. The maximum atomic E-state index is 11.8. The molecule has 0 bridgehead atoms. The minimum absolute atomic E-state index is 0.128. The number of hydrogen-bond acceptors (Lipinski definition) is 2. The van der Waals surface area contributed by atoms with Crippen molar-refractivity contribution in [3.8, 4) is 0 Å². The maximum Gasteiger partial charge on any atom is 0.326 e. The summed E-state index contributed by atoms with van der Waals surface area (Å²) in [7, 11) is 3.18. The average Bonchev–Trinajstić information content (AvgIpc) is 2.48. The van der Waals surface area contributed by atoms with Crippen LogP contribution in [0, 0.1) is 0 Å². The van der Waals surface area contributed by atoms with Crippen molar-refractivity contribution in [3.05, 3.63) is 35.9 Å². The molecule has 4 nitrogen and oxygen atoms in total. The van der Waals surface area contributed by atoms with Gasteiger partial charge < -0.3 is 4.90 Å². The zero-order valence-corrected chi connectivity index (χ0v) is 9.38. The molecule has 1 heterocycles. The number of likely N-dealkylation sites (N-methyl/N-ethyl adjacent to an activating group) is 2. The Morgan fingerprint density at radius 1 is 1.12 bits per heavy atom. The number of nitrogens with zero attached hydrogens (tertiary/aromatic N) is 2. The van der Waals surface area contributed by atoms with E-state index in [-0.39, 0.29) is 18.0 Å². The predicted molar refractivity (Wildman–Crippen MR) is 59.9 cm³/mol. The van der Waals surface area contributed by atoms with E-state index < -0.39 is 0 Å². The molecule has 0 aromatic heterocycles. The summed E-state index contributed by atoms with van der Waals surface area (Å²) in [5.41, 5.74) is 1.07. The first-order valence-electron chi connectivity index (χ1n) is 5.19. The summed E-state index contributed by atoms with van der Waals surface area (Å²) < 4.78 is 0. The summed E-state index contributed by atoms with van der Waals surface area (Å²) in [6, 6.07) is 9.13. The van der Waals surface area contributed by atoms with E-state index >= 15 is 0 Å². The number of benzene rings is 1. The Morgan fingerprint density at radius 2 is 1.75 bits per heavy atom. The molecule has 0 spiro atoms. The zero-order valence-electron chi connectivity index (χ0n) is 9.38. The summed E-state index contributed by atoms with van der Waals surface area (Å²) in [5.74, 6) is -0.128. The lowest BCUT2D eigenvalue weighted by Gasteiger charge is -2.15. The Balaban J connectivity index is 2.17. The van der Waals surface area contributed by atoms with Gasteiger partial charge in [-0.1, -0.05) is 30.3 Å². The van der Waals surface area contributed by atoms with E-state index in [0.717, 1.165) is 5.56 Å². The van der Waals surface area contributed by atoms with Gasteiger partial charge >= 0.3 is 6.03 Å². The van der Waals surface area contributed by atoms with Crippen molar-refractivity contribution >= 4 is 11.9 Å². The summed E-state index contributed by atoms with van der Waals surface area (Å²) in [4.78, 5) is 26.0. The fourth-order valence-electron chi connectivity index (χ4n) is 1.91. The standard InChI is InChI=1S/C12H14N2O2/c1-13-10(11(15)14(2)12(13)16)8-9-6-4-3-5-7-9/h3-7,10H,8H2,1-2H3. The Labute approximate surface area is 94.5 Å².